The van der Waals surface area contributed by atoms with E-state index in [-0.39, 0.29) is 0 Å². The van der Waals surface area contributed by atoms with Crippen molar-refractivity contribution in [3.63, 3.8) is 0 Å². The Bertz CT molecular complexity index is 398. The van der Waals surface area contributed by atoms with Gasteiger partial charge >= 0.3 is 0 Å². The van der Waals surface area contributed by atoms with Gasteiger partial charge in [-0.05, 0) is 45.1 Å². The molecule has 0 aliphatic heterocycles. The molecule has 2 fully saturated rings. The van der Waals surface area contributed by atoms with Crippen molar-refractivity contribution in [3.05, 3.63) is 0 Å². The third-order valence-corrected chi connectivity index (χ3v) is 6.76. The van der Waals surface area contributed by atoms with E-state index in [9.17, 15) is 0 Å². The van der Waals surface area contributed by atoms with E-state index in [1.165, 1.54) is 128 Å². The van der Waals surface area contributed by atoms with Crippen LogP contribution in [0.4, 0.5) is 0 Å². The molecule has 2 saturated carbocycles. The van der Waals surface area contributed by atoms with Gasteiger partial charge in [0.15, 0.2) is 5.96 Å². The molecule has 2 aliphatic rings. The maximum Gasteiger partial charge on any atom is 0.191 e. The average molecular weight is 407 g/mol. The number of guanidine groups is 1. The zero-order valence-corrected chi connectivity index (χ0v) is 19.2. The molecule has 4 N–H and O–H groups in total. The largest absolute Gasteiger partial charge is 0.356 e. The lowest BCUT2D eigenvalue weighted by molar-refractivity contribution is 0.404. The van der Waals surface area contributed by atoms with Gasteiger partial charge in [0.2, 0.25) is 0 Å². The molecule has 0 radical (unpaired) electrons. The highest BCUT2D eigenvalue weighted by Crippen LogP contribution is 2.21. The summed E-state index contributed by atoms with van der Waals surface area (Å²) in [5.74, 6) is 1.11. The summed E-state index contributed by atoms with van der Waals surface area (Å²) in [6, 6.07) is 1.19. The molecule has 29 heavy (non-hydrogen) atoms. The van der Waals surface area contributed by atoms with E-state index in [4.69, 9.17) is 10.7 Å². The molecule has 0 saturated heterocycles. The molecule has 0 aromatic carbocycles. The topological polar surface area (TPSA) is 62.4 Å². The summed E-state index contributed by atoms with van der Waals surface area (Å²) in [6.07, 6.45) is 27.0. The van der Waals surface area contributed by atoms with Gasteiger partial charge in [0.1, 0.15) is 0 Å². The van der Waals surface area contributed by atoms with Crippen LogP contribution in [0.15, 0.2) is 4.99 Å². The molecule has 0 aromatic rings. The van der Waals surface area contributed by atoms with Crippen LogP contribution in [0.25, 0.3) is 0 Å². The molecule has 0 amide bonds. The van der Waals surface area contributed by atoms with Crippen molar-refractivity contribution in [1.29, 1.82) is 0 Å². The second kappa shape index (κ2) is 17.0. The van der Waals surface area contributed by atoms with Gasteiger partial charge < -0.3 is 16.4 Å². The van der Waals surface area contributed by atoms with Crippen molar-refractivity contribution in [2.24, 2.45) is 10.7 Å². The Morgan fingerprint density at radius 1 is 0.655 bits per heavy atom. The van der Waals surface area contributed by atoms with Crippen LogP contribution in [0.2, 0.25) is 0 Å². The van der Waals surface area contributed by atoms with Crippen molar-refractivity contribution in [2.75, 3.05) is 13.1 Å². The molecule has 170 valence electrons. The summed E-state index contributed by atoms with van der Waals surface area (Å²) in [7, 11) is 0. The van der Waals surface area contributed by atoms with E-state index in [1.807, 2.05) is 0 Å². The number of rotatable bonds is 14. The van der Waals surface area contributed by atoms with Gasteiger partial charge in [0.25, 0.3) is 0 Å². The van der Waals surface area contributed by atoms with Crippen LogP contribution in [-0.2, 0) is 0 Å². The molecule has 0 bridgehead atoms. The monoisotopic (exact) mass is 406 g/mol. The molecule has 2 rings (SSSR count). The maximum atomic E-state index is 5.54. The summed E-state index contributed by atoms with van der Waals surface area (Å²) < 4.78 is 0. The summed E-state index contributed by atoms with van der Waals surface area (Å²) in [5, 5.41) is 7.45. The Morgan fingerprint density at radius 3 is 1.76 bits per heavy atom. The first-order valence-corrected chi connectivity index (χ1v) is 13.2. The zero-order chi connectivity index (χ0) is 20.4. The molecule has 0 spiro atoms. The summed E-state index contributed by atoms with van der Waals surface area (Å²) in [4.78, 5) is 5.11. The van der Waals surface area contributed by atoms with Crippen LogP contribution >= 0.6 is 0 Å². The third kappa shape index (κ3) is 12.5. The van der Waals surface area contributed by atoms with Crippen molar-refractivity contribution in [1.82, 2.24) is 10.6 Å². The number of nitrogens with one attached hydrogen (secondary N) is 2. The molecule has 0 atom stereocenters. The highest BCUT2D eigenvalue weighted by Gasteiger charge is 2.17. The fourth-order valence-corrected chi connectivity index (χ4v) is 4.86. The van der Waals surface area contributed by atoms with E-state index in [1.54, 1.807) is 0 Å². The Balaban J connectivity index is 1.55. The molecule has 0 aromatic heterocycles. The Kier molecular flexibility index (Phi) is 14.3. The Hall–Kier alpha value is -0.770. The Labute approximate surface area is 181 Å². The normalized spacial score (nSPS) is 19.4. The average Bonchev–Trinajstić information content (AvgIpc) is 2.76. The minimum atomic E-state index is 0.548. The number of nitrogens with zero attached hydrogens (tertiary/aromatic N) is 1. The first-order valence-electron chi connectivity index (χ1n) is 13.2. The smallest absolute Gasteiger partial charge is 0.191 e. The van der Waals surface area contributed by atoms with Crippen LogP contribution in [-0.4, -0.2) is 31.1 Å². The molecule has 4 nitrogen and oxygen atoms in total. The predicted molar refractivity (Wildman–Crippen MR) is 128 cm³/mol. The molecule has 0 heterocycles. The summed E-state index contributed by atoms with van der Waals surface area (Å²) >= 11 is 0. The van der Waals surface area contributed by atoms with Crippen LogP contribution < -0.4 is 16.4 Å². The molecular weight excluding hydrogens is 356 g/mol. The SMILES string of the molecule is NCCCCCCCCCCCCNC(=NC1CCCCC1)NC1CCCCC1. The van der Waals surface area contributed by atoms with E-state index in [2.05, 4.69) is 10.6 Å². The zero-order valence-electron chi connectivity index (χ0n) is 19.2. The lowest BCUT2D eigenvalue weighted by Gasteiger charge is -2.27. The first kappa shape index (κ1) is 24.5. The van der Waals surface area contributed by atoms with Crippen molar-refractivity contribution < 1.29 is 0 Å². The van der Waals surface area contributed by atoms with Gasteiger partial charge in [-0.3, -0.25) is 0 Å². The molecule has 0 unspecified atom stereocenters. The van der Waals surface area contributed by atoms with Gasteiger partial charge in [0, 0.05) is 12.6 Å². The van der Waals surface area contributed by atoms with Gasteiger partial charge in [-0.2, -0.15) is 0 Å². The quantitative estimate of drug-likeness (QED) is 0.187. The van der Waals surface area contributed by atoms with Gasteiger partial charge in [-0.15, -0.1) is 0 Å². The van der Waals surface area contributed by atoms with Crippen molar-refractivity contribution >= 4 is 5.96 Å². The molecular formula is C25H50N4. The highest BCUT2D eigenvalue weighted by atomic mass is 15.2. The van der Waals surface area contributed by atoms with Crippen LogP contribution in [0.3, 0.4) is 0 Å². The standard InChI is InChI=1S/C25H50N4/c26-21-15-7-5-3-1-2-4-6-8-16-22-27-25(28-23-17-11-9-12-18-23)29-24-19-13-10-14-20-24/h23-24H,1-22,26H2,(H2,27,28,29). The van der Waals surface area contributed by atoms with E-state index in [0.717, 1.165) is 19.0 Å². The van der Waals surface area contributed by atoms with Crippen molar-refractivity contribution in [3.8, 4) is 0 Å². The molecule has 4 heteroatoms. The summed E-state index contributed by atoms with van der Waals surface area (Å²) in [6.45, 7) is 1.93. The predicted octanol–water partition coefficient (Wildman–Crippen LogP) is 6.05. The van der Waals surface area contributed by atoms with Crippen LogP contribution in [0.5, 0.6) is 0 Å². The fourth-order valence-electron chi connectivity index (χ4n) is 4.86. The Morgan fingerprint density at radius 2 is 1.17 bits per heavy atom. The maximum absolute atomic E-state index is 5.54. The number of hydrogen-bond donors (Lipinski definition) is 3. The van der Waals surface area contributed by atoms with E-state index >= 15 is 0 Å². The number of hydrogen-bond acceptors (Lipinski definition) is 2. The number of aliphatic imine (C=N–C) groups is 1. The van der Waals surface area contributed by atoms with Gasteiger partial charge in [0.05, 0.1) is 6.04 Å². The number of nitrogens with two attached hydrogens (primary N) is 1. The second-order valence-corrected chi connectivity index (χ2v) is 9.50. The number of unbranched alkanes of at least 4 members (excludes halogenated alkanes) is 9. The van der Waals surface area contributed by atoms with E-state index < -0.39 is 0 Å². The van der Waals surface area contributed by atoms with Gasteiger partial charge in [-0.25, -0.2) is 4.99 Å². The first-order chi connectivity index (χ1) is 14.4. The van der Waals surface area contributed by atoms with Crippen LogP contribution in [0, 0.1) is 0 Å². The minimum absolute atomic E-state index is 0.548. The second-order valence-electron chi connectivity index (χ2n) is 9.50. The van der Waals surface area contributed by atoms with E-state index in [0.29, 0.717) is 12.1 Å². The highest BCUT2D eigenvalue weighted by molar-refractivity contribution is 5.80. The summed E-state index contributed by atoms with van der Waals surface area (Å²) in [5.41, 5.74) is 5.54. The van der Waals surface area contributed by atoms with Gasteiger partial charge in [-0.1, -0.05) is 89.9 Å². The van der Waals surface area contributed by atoms with Crippen molar-refractivity contribution in [2.45, 2.75) is 141 Å². The van der Waals surface area contributed by atoms with Crippen LogP contribution in [0.1, 0.15) is 128 Å². The minimum Gasteiger partial charge on any atom is -0.356 e. The fraction of sp³-hybridized carbons (Fsp3) is 0.960. The lowest BCUT2D eigenvalue weighted by Crippen LogP contribution is -2.45. The lowest BCUT2D eigenvalue weighted by atomic mass is 9.95. The molecule has 2 aliphatic carbocycles. The third-order valence-electron chi connectivity index (χ3n) is 6.76.